The van der Waals surface area contributed by atoms with Gasteiger partial charge in [-0.3, -0.25) is 0 Å². The highest BCUT2D eigenvalue weighted by Crippen LogP contribution is 2.37. The van der Waals surface area contributed by atoms with Gasteiger partial charge in [0.2, 0.25) is 0 Å². The second-order valence-corrected chi connectivity index (χ2v) is 5.92. The fraction of sp³-hybridized carbons (Fsp3) is 0.625. The zero-order valence-corrected chi connectivity index (χ0v) is 11.1. The van der Waals surface area contributed by atoms with Gasteiger partial charge in [-0.25, -0.2) is 0 Å². The van der Waals surface area contributed by atoms with Gasteiger partial charge >= 0.3 is 0 Å². The summed E-state index contributed by atoms with van der Waals surface area (Å²) in [5.74, 6) is 0.975. The first-order valence-corrected chi connectivity index (χ1v) is 7.42. The van der Waals surface area contributed by atoms with Gasteiger partial charge in [0, 0.05) is 12.1 Å². The third-order valence-corrected chi connectivity index (χ3v) is 4.68. The largest absolute Gasteiger partial charge is 0.324 e. The van der Waals surface area contributed by atoms with Crippen molar-refractivity contribution in [2.75, 3.05) is 6.54 Å². The SMILES string of the molecule is NC1CC(NCCC2CCCC2)c2ccccc21. The standard InChI is InChI=1S/C16H24N2/c17-15-11-16(14-8-4-3-7-13(14)15)18-10-9-12-5-1-2-6-12/h3-4,7-8,12,15-16,18H,1-2,5-6,9-11,17H2. The van der Waals surface area contributed by atoms with Gasteiger partial charge in [-0.05, 0) is 36.4 Å². The molecule has 0 spiro atoms. The highest BCUT2D eigenvalue weighted by atomic mass is 14.9. The maximum absolute atomic E-state index is 6.19. The van der Waals surface area contributed by atoms with Crippen LogP contribution in [0.15, 0.2) is 24.3 Å². The van der Waals surface area contributed by atoms with E-state index in [1.165, 1.54) is 43.2 Å². The van der Waals surface area contributed by atoms with Crippen molar-refractivity contribution >= 4 is 0 Å². The zero-order valence-electron chi connectivity index (χ0n) is 11.1. The van der Waals surface area contributed by atoms with Crippen molar-refractivity contribution in [3.8, 4) is 0 Å². The minimum atomic E-state index is 0.227. The Balaban J connectivity index is 1.54. The third kappa shape index (κ3) is 2.45. The van der Waals surface area contributed by atoms with Gasteiger partial charge in [-0.15, -0.1) is 0 Å². The Morgan fingerprint density at radius 3 is 2.61 bits per heavy atom. The summed E-state index contributed by atoms with van der Waals surface area (Å²) in [4.78, 5) is 0. The summed E-state index contributed by atoms with van der Waals surface area (Å²) < 4.78 is 0. The van der Waals surface area contributed by atoms with Gasteiger partial charge in [0.15, 0.2) is 0 Å². The van der Waals surface area contributed by atoms with Crippen molar-refractivity contribution in [1.82, 2.24) is 5.32 Å². The van der Waals surface area contributed by atoms with E-state index < -0.39 is 0 Å². The lowest BCUT2D eigenvalue weighted by Crippen LogP contribution is -2.22. The van der Waals surface area contributed by atoms with Crippen molar-refractivity contribution in [1.29, 1.82) is 0 Å². The molecule has 1 fully saturated rings. The van der Waals surface area contributed by atoms with E-state index in [1.54, 1.807) is 0 Å². The average Bonchev–Trinajstić information content (AvgIpc) is 3.00. The van der Waals surface area contributed by atoms with Crippen molar-refractivity contribution in [2.24, 2.45) is 11.7 Å². The van der Waals surface area contributed by atoms with Gasteiger partial charge in [0.05, 0.1) is 0 Å². The predicted molar refractivity (Wildman–Crippen MR) is 75.3 cm³/mol. The molecule has 1 saturated carbocycles. The minimum absolute atomic E-state index is 0.227. The fourth-order valence-corrected chi connectivity index (χ4v) is 3.63. The smallest absolute Gasteiger partial charge is 0.0341 e. The summed E-state index contributed by atoms with van der Waals surface area (Å²) in [6.45, 7) is 1.15. The van der Waals surface area contributed by atoms with E-state index in [4.69, 9.17) is 5.73 Å². The summed E-state index contributed by atoms with van der Waals surface area (Å²) in [7, 11) is 0. The van der Waals surface area contributed by atoms with Crippen LogP contribution in [-0.4, -0.2) is 6.54 Å². The van der Waals surface area contributed by atoms with Crippen LogP contribution in [0.5, 0.6) is 0 Å². The van der Waals surface area contributed by atoms with E-state index in [-0.39, 0.29) is 6.04 Å². The molecule has 1 aromatic carbocycles. The number of hydrogen-bond acceptors (Lipinski definition) is 2. The first-order chi connectivity index (χ1) is 8.84. The molecule has 2 nitrogen and oxygen atoms in total. The van der Waals surface area contributed by atoms with Crippen molar-refractivity contribution in [3.05, 3.63) is 35.4 Å². The number of benzene rings is 1. The molecule has 2 unspecified atom stereocenters. The van der Waals surface area contributed by atoms with Crippen molar-refractivity contribution in [3.63, 3.8) is 0 Å². The molecule has 2 heteroatoms. The lowest BCUT2D eigenvalue weighted by molar-refractivity contribution is 0.433. The van der Waals surface area contributed by atoms with Crippen LogP contribution in [0.3, 0.4) is 0 Å². The summed E-state index contributed by atoms with van der Waals surface area (Å²) in [5, 5.41) is 3.72. The second-order valence-electron chi connectivity index (χ2n) is 5.92. The number of nitrogens with two attached hydrogens (primary N) is 1. The number of hydrogen-bond donors (Lipinski definition) is 2. The second kappa shape index (κ2) is 5.41. The Morgan fingerprint density at radius 2 is 1.83 bits per heavy atom. The zero-order chi connectivity index (χ0) is 12.4. The molecule has 0 amide bonds. The van der Waals surface area contributed by atoms with Gasteiger partial charge in [-0.2, -0.15) is 0 Å². The van der Waals surface area contributed by atoms with Crippen molar-refractivity contribution in [2.45, 2.75) is 50.6 Å². The first kappa shape index (κ1) is 12.2. The number of fused-ring (bicyclic) bond motifs is 1. The summed E-state index contributed by atoms with van der Waals surface area (Å²) in [5.41, 5.74) is 8.96. The van der Waals surface area contributed by atoms with Gasteiger partial charge in [0.1, 0.15) is 0 Å². The Bertz CT molecular complexity index is 396. The fourth-order valence-electron chi connectivity index (χ4n) is 3.63. The van der Waals surface area contributed by atoms with Gasteiger partial charge < -0.3 is 11.1 Å². The number of nitrogens with one attached hydrogen (secondary N) is 1. The Morgan fingerprint density at radius 1 is 1.11 bits per heavy atom. The quantitative estimate of drug-likeness (QED) is 0.853. The van der Waals surface area contributed by atoms with Gasteiger partial charge in [-0.1, -0.05) is 49.9 Å². The van der Waals surface area contributed by atoms with Crippen LogP contribution in [0.2, 0.25) is 0 Å². The molecule has 0 saturated heterocycles. The minimum Gasteiger partial charge on any atom is -0.324 e. The van der Waals surface area contributed by atoms with Crippen LogP contribution in [-0.2, 0) is 0 Å². The molecule has 0 bridgehead atoms. The maximum atomic E-state index is 6.19. The molecule has 2 aliphatic rings. The lowest BCUT2D eigenvalue weighted by atomic mass is 10.0. The Labute approximate surface area is 110 Å². The summed E-state index contributed by atoms with van der Waals surface area (Å²) in [6, 6.07) is 9.35. The predicted octanol–water partition coefficient (Wildman–Crippen LogP) is 3.30. The molecule has 0 heterocycles. The van der Waals surface area contributed by atoms with E-state index in [0.717, 1.165) is 18.9 Å². The van der Waals surface area contributed by atoms with Crippen molar-refractivity contribution < 1.29 is 0 Å². The molecular weight excluding hydrogens is 220 g/mol. The normalized spacial score (nSPS) is 27.6. The monoisotopic (exact) mass is 244 g/mol. The summed E-state index contributed by atoms with van der Waals surface area (Å²) >= 11 is 0. The van der Waals surface area contributed by atoms with E-state index in [2.05, 4.69) is 29.6 Å². The average molecular weight is 244 g/mol. The molecule has 1 aromatic rings. The Hall–Kier alpha value is -0.860. The molecule has 2 atom stereocenters. The molecule has 0 aromatic heterocycles. The highest BCUT2D eigenvalue weighted by molar-refractivity contribution is 5.37. The maximum Gasteiger partial charge on any atom is 0.0341 e. The molecular formula is C16H24N2. The van der Waals surface area contributed by atoms with Crippen LogP contribution < -0.4 is 11.1 Å². The molecule has 3 N–H and O–H groups in total. The van der Waals surface area contributed by atoms with Gasteiger partial charge in [0.25, 0.3) is 0 Å². The Kier molecular flexibility index (Phi) is 3.67. The molecule has 0 radical (unpaired) electrons. The first-order valence-electron chi connectivity index (χ1n) is 7.42. The van der Waals surface area contributed by atoms with Crippen LogP contribution in [0.25, 0.3) is 0 Å². The highest BCUT2D eigenvalue weighted by Gasteiger charge is 2.27. The molecule has 0 aliphatic heterocycles. The van der Waals surface area contributed by atoms with Crippen LogP contribution in [0.1, 0.15) is 61.7 Å². The lowest BCUT2D eigenvalue weighted by Gasteiger charge is -2.16. The molecule has 98 valence electrons. The van der Waals surface area contributed by atoms with E-state index in [1.807, 2.05) is 0 Å². The van der Waals surface area contributed by atoms with E-state index >= 15 is 0 Å². The van der Waals surface area contributed by atoms with Crippen LogP contribution in [0.4, 0.5) is 0 Å². The topological polar surface area (TPSA) is 38.0 Å². The summed E-state index contributed by atoms with van der Waals surface area (Å²) in [6.07, 6.45) is 8.19. The van der Waals surface area contributed by atoms with E-state index in [0.29, 0.717) is 6.04 Å². The van der Waals surface area contributed by atoms with Crippen LogP contribution in [0, 0.1) is 5.92 Å². The third-order valence-electron chi connectivity index (χ3n) is 4.68. The molecule has 3 rings (SSSR count). The van der Waals surface area contributed by atoms with E-state index in [9.17, 15) is 0 Å². The van der Waals surface area contributed by atoms with Crippen LogP contribution >= 0.6 is 0 Å². The molecule has 2 aliphatic carbocycles. The molecule has 18 heavy (non-hydrogen) atoms. The number of rotatable bonds is 4.